The number of halogens is 1. The molecule has 2 bridgehead atoms. The summed E-state index contributed by atoms with van der Waals surface area (Å²) in [6.45, 7) is 0. The summed E-state index contributed by atoms with van der Waals surface area (Å²) in [5, 5.41) is 0. The van der Waals surface area contributed by atoms with E-state index in [0.717, 1.165) is 29.4 Å². The van der Waals surface area contributed by atoms with Crippen molar-refractivity contribution in [3.05, 3.63) is 22.7 Å². The minimum Gasteiger partial charge on any atom is -0.297 e. The molecule has 0 saturated carbocycles. The lowest BCUT2D eigenvalue weighted by Crippen LogP contribution is -2.46. The summed E-state index contributed by atoms with van der Waals surface area (Å²) in [6, 6.07) is 0.630. The number of piperidine rings is 1. The molecule has 3 unspecified atom stereocenters. The first kappa shape index (κ1) is 11.3. The highest BCUT2D eigenvalue weighted by Crippen LogP contribution is 2.40. The van der Waals surface area contributed by atoms with Crippen molar-refractivity contribution in [3.8, 4) is 0 Å². The predicted molar refractivity (Wildman–Crippen MR) is 66.7 cm³/mol. The standard InChI is InChI=1S/C12H14BrN3O/c1-16-7-2-3-10(16)12(17)8(4-7)11-9(13)5-14-6-15-11/h5-8,10H,2-4H2,1H3. The predicted octanol–water partition coefficient (Wildman–Crippen LogP) is 1.76. The van der Waals surface area contributed by atoms with Crippen molar-refractivity contribution in [2.24, 2.45) is 0 Å². The van der Waals surface area contributed by atoms with Gasteiger partial charge in [-0.2, -0.15) is 0 Å². The number of carbonyl (C=O) groups excluding carboxylic acids is 1. The molecule has 17 heavy (non-hydrogen) atoms. The molecule has 4 nitrogen and oxygen atoms in total. The van der Waals surface area contributed by atoms with Gasteiger partial charge in [0.2, 0.25) is 0 Å². The van der Waals surface area contributed by atoms with E-state index in [4.69, 9.17) is 0 Å². The lowest BCUT2D eigenvalue weighted by atomic mass is 9.87. The van der Waals surface area contributed by atoms with Crippen LogP contribution in [0.4, 0.5) is 0 Å². The van der Waals surface area contributed by atoms with Gasteiger partial charge in [-0.1, -0.05) is 0 Å². The molecule has 0 spiro atoms. The maximum Gasteiger partial charge on any atom is 0.159 e. The first-order valence-electron chi connectivity index (χ1n) is 5.89. The van der Waals surface area contributed by atoms with Crippen LogP contribution in [0.2, 0.25) is 0 Å². The average molecular weight is 296 g/mol. The summed E-state index contributed by atoms with van der Waals surface area (Å²) in [5.41, 5.74) is 0.856. The van der Waals surface area contributed by atoms with E-state index >= 15 is 0 Å². The second kappa shape index (κ2) is 4.14. The zero-order chi connectivity index (χ0) is 12.0. The van der Waals surface area contributed by atoms with Gasteiger partial charge in [0.15, 0.2) is 5.78 Å². The number of fused-ring (bicyclic) bond motifs is 2. The quantitative estimate of drug-likeness (QED) is 0.792. The topological polar surface area (TPSA) is 46.1 Å². The van der Waals surface area contributed by atoms with Crippen LogP contribution < -0.4 is 0 Å². The number of hydrogen-bond donors (Lipinski definition) is 0. The maximum absolute atomic E-state index is 12.4. The molecule has 0 radical (unpaired) electrons. The highest BCUT2D eigenvalue weighted by molar-refractivity contribution is 9.10. The molecule has 1 aromatic rings. The number of Topliss-reactive ketones (excluding diaryl/α,β-unsaturated/α-hetero) is 1. The van der Waals surface area contributed by atoms with E-state index in [-0.39, 0.29) is 12.0 Å². The molecule has 0 N–H and O–H groups in total. The molecule has 2 aliphatic heterocycles. The molecule has 2 fully saturated rings. The number of nitrogens with zero attached hydrogens (tertiary/aromatic N) is 3. The number of carbonyl (C=O) groups is 1. The Balaban J connectivity index is 1.96. The summed E-state index contributed by atoms with van der Waals surface area (Å²) in [7, 11) is 2.06. The van der Waals surface area contributed by atoms with Gasteiger partial charge in [-0.05, 0) is 42.2 Å². The Hall–Kier alpha value is -0.810. The molecule has 3 rings (SSSR count). The van der Waals surface area contributed by atoms with Gasteiger partial charge in [0.25, 0.3) is 0 Å². The second-order valence-corrected chi connectivity index (χ2v) is 5.71. The third-order valence-electron chi connectivity index (χ3n) is 4.05. The summed E-state index contributed by atoms with van der Waals surface area (Å²) in [6.07, 6.45) is 6.26. The van der Waals surface area contributed by atoms with E-state index in [1.165, 1.54) is 6.33 Å². The van der Waals surface area contributed by atoms with E-state index in [2.05, 4.69) is 37.8 Å². The van der Waals surface area contributed by atoms with Crippen molar-refractivity contribution in [2.45, 2.75) is 37.3 Å². The van der Waals surface area contributed by atoms with Crippen LogP contribution in [0.25, 0.3) is 0 Å². The first-order chi connectivity index (χ1) is 8.18. The number of rotatable bonds is 1. The molecule has 3 heterocycles. The summed E-state index contributed by atoms with van der Waals surface area (Å²) in [5.74, 6) is 0.265. The SMILES string of the molecule is CN1C2CCC1C(=O)C(c1ncncc1Br)C2. The Morgan fingerprint density at radius 2 is 2.29 bits per heavy atom. The van der Waals surface area contributed by atoms with Crippen molar-refractivity contribution < 1.29 is 4.79 Å². The van der Waals surface area contributed by atoms with Crippen LogP contribution in [0.1, 0.15) is 30.9 Å². The molecular weight excluding hydrogens is 282 g/mol. The zero-order valence-electron chi connectivity index (χ0n) is 9.64. The molecule has 2 aliphatic rings. The highest BCUT2D eigenvalue weighted by Gasteiger charge is 2.45. The Morgan fingerprint density at radius 1 is 1.47 bits per heavy atom. The van der Waals surface area contributed by atoms with E-state index in [1.54, 1.807) is 6.20 Å². The van der Waals surface area contributed by atoms with Crippen LogP contribution >= 0.6 is 15.9 Å². The van der Waals surface area contributed by atoms with E-state index in [1.807, 2.05) is 0 Å². The number of aromatic nitrogens is 2. The van der Waals surface area contributed by atoms with Gasteiger partial charge in [0, 0.05) is 12.2 Å². The zero-order valence-corrected chi connectivity index (χ0v) is 11.2. The van der Waals surface area contributed by atoms with Crippen molar-refractivity contribution >= 4 is 21.7 Å². The van der Waals surface area contributed by atoms with Crippen LogP contribution in [0.15, 0.2) is 17.0 Å². The van der Waals surface area contributed by atoms with Crippen molar-refractivity contribution in [2.75, 3.05) is 7.05 Å². The smallest absolute Gasteiger partial charge is 0.159 e. The van der Waals surface area contributed by atoms with Gasteiger partial charge in [-0.25, -0.2) is 9.97 Å². The largest absolute Gasteiger partial charge is 0.297 e. The Labute approximate surface area is 109 Å². The Bertz CT molecular complexity index is 465. The third-order valence-corrected chi connectivity index (χ3v) is 4.66. The van der Waals surface area contributed by atoms with Crippen molar-refractivity contribution in [1.29, 1.82) is 0 Å². The van der Waals surface area contributed by atoms with Gasteiger partial charge in [-0.15, -0.1) is 0 Å². The molecule has 5 heteroatoms. The molecule has 3 atom stereocenters. The van der Waals surface area contributed by atoms with Gasteiger partial charge in [0.05, 0.1) is 22.1 Å². The minimum absolute atomic E-state index is 0.0546. The van der Waals surface area contributed by atoms with Gasteiger partial charge in [-0.3, -0.25) is 9.69 Å². The van der Waals surface area contributed by atoms with Crippen molar-refractivity contribution in [3.63, 3.8) is 0 Å². The lowest BCUT2D eigenvalue weighted by molar-refractivity contribution is -0.127. The Morgan fingerprint density at radius 3 is 3.06 bits per heavy atom. The summed E-state index contributed by atoms with van der Waals surface area (Å²) in [4.78, 5) is 22.9. The van der Waals surface area contributed by atoms with E-state index < -0.39 is 0 Å². The third kappa shape index (κ3) is 1.72. The fraction of sp³-hybridized carbons (Fsp3) is 0.583. The highest BCUT2D eigenvalue weighted by atomic mass is 79.9. The first-order valence-corrected chi connectivity index (χ1v) is 6.69. The Kier molecular flexibility index (Phi) is 2.75. The summed E-state index contributed by atoms with van der Waals surface area (Å²) < 4.78 is 0.849. The van der Waals surface area contributed by atoms with E-state index in [0.29, 0.717) is 11.8 Å². The maximum atomic E-state index is 12.4. The van der Waals surface area contributed by atoms with Gasteiger partial charge in [0.1, 0.15) is 6.33 Å². The van der Waals surface area contributed by atoms with Crippen LogP contribution in [0, 0.1) is 0 Å². The van der Waals surface area contributed by atoms with Gasteiger partial charge < -0.3 is 0 Å². The number of likely N-dealkylation sites (N-methyl/N-ethyl adjacent to an activating group) is 1. The molecule has 90 valence electrons. The number of ketones is 1. The van der Waals surface area contributed by atoms with Crippen LogP contribution in [-0.4, -0.2) is 39.8 Å². The minimum atomic E-state index is -0.0546. The second-order valence-electron chi connectivity index (χ2n) is 4.86. The fourth-order valence-corrected chi connectivity index (χ4v) is 3.58. The molecule has 0 amide bonds. The normalized spacial score (nSPS) is 33.1. The van der Waals surface area contributed by atoms with Crippen LogP contribution in [-0.2, 0) is 4.79 Å². The molecular formula is C12H14BrN3O. The monoisotopic (exact) mass is 295 g/mol. The van der Waals surface area contributed by atoms with Crippen LogP contribution in [0.5, 0.6) is 0 Å². The number of hydrogen-bond acceptors (Lipinski definition) is 4. The lowest BCUT2D eigenvalue weighted by Gasteiger charge is -2.34. The molecule has 0 aromatic carbocycles. The van der Waals surface area contributed by atoms with E-state index in [9.17, 15) is 4.79 Å². The molecule has 2 saturated heterocycles. The molecule has 1 aromatic heterocycles. The van der Waals surface area contributed by atoms with Crippen LogP contribution in [0.3, 0.4) is 0 Å². The summed E-state index contributed by atoms with van der Waals surface area (Å²) >= 11 is 3.44. The van der Waals surface area contributed by atoms with Crippen molar-refractivity contribution in [1.82, 2.24) is 14.9 Å². The van der Waals surface area contributed by atoms with Gasteiger partial charge >= 0.3 is 0 Å². The molecule has 0 aliphatic carbocycles. The average Bonchev–Trinajstić information content (AvgIpc) is 2.57. The fourth-order valence-electron chi connectivity index (χ4n) is 3.08.